The van der Waals surface area contributed by atoms with E-state index < -0.39 is 41.7 Å². The van der Waals surface area contributed by atoms with Gasteiger partial charge >= 0.3 is 83.8 Å². The van der Waals surface area contributed by atoms with Crippen molar-refractivity contribution in [3.05, 3.63) is 0 Å². The van der Waals surface area contributed by atoms with Gasteiger partial charge in [0, 0.05) is 13.8 Å². The zero-order chi connectivity index (χ0) is 14.3. The minimum absolute atomic E-state index is 1.09. The van der Waals surface area contributed by atoms with Gasteiger partial charge in [0.15, 0.2) is 0 Å². The summed E-state index contributed by atoms with van der Waals surface area (Å²) in [6.07, 6.45) is 0. The Kier molecular flexibility index (Phi) is 10.1. The van der Waals surface area contributed by atoms with Crippen molar-refractivity contribution < 1.29 is 48.8 Å². The molecule has 0 fully saturated rings. The van der Waals surface area contributed by atoms with Crippen molar-refractivity contribution in [1.82, 2.24) is 0 Å². The fourth-order valence-corrected chi connectivity index (χ4v) is 3.56. The molecule has 11 heteroatoms. The normalized spacial score (nSPS) is 15.9. The first-order chi connectivity index (χ1) is 7.27. The van der Waals surface area contributed by atoms with Crippen molar-refractivity contribution in [3.63, 3.8) is 0 Å². The van der Waals surface area contributed by atoms with E-state index in [1.165, 1.54) is 33.8 Å². The molecule has 0 spiro atoms. The molecule has 17 heavy (non-hydrogen) atoms. The summed E-state index contributed by atoms with van der Waals surface area (Å²) in [7, 11) is -6.85. The van der Waals surface area contributed by atoms with Gasteiger partial charge in [-0.3, -0.25) is 4.57 Å². The Morgan fingerprint density at radius 1 is 0.882 bits per heavy atom. The number of rotatable bonds is 5. The Morgan fingerprint density at radius 2 is 1.12 bits per heavy atom. The first-order valence-corrected chi connectivity index (χ1v) is 13.1. The molecule has 0 aromatic heterocycles. The van der Waals surface area contributed by atoms with Crippen molar-refractivity contribution in [2.45, 2.75) is 0 Å². The van der Waals surface area contributed by atoms with Crippen LogP contribution in [0.1, 0.15) is 0 Å². The molecule has 1 N–H and O–H groups in total. The van der Waals surface area contributed by atoms with E-state index in [4.69, 9.17) is 11.2 Å². The molecule has 0 amide bonds. The molecule has 0 saturated carbocycles. The molecule has 7 nitrogen and oxygen atoms in total. The van der Waals surface area contributed by atoms with Gasteiger partial charge in [-0.25, -0.2) is 0 Å². The third-order valence-corrected chi connectivity index (χ3v) is 9.00. The second-order valence-corrected chi connectivity index (χ2v) is 13.7. The van der Waals surface area contributed by atoms with Gasteiger partial charge in [-0.15, -0.1) is 0 Å². The maximum atomic E-state index is 10.9. The molecule has 0 saturated heterocycles. The van der Waals surface area contributed by atoms with Crippen LogP contribution >= 0.6 is 22.3 Å². The fourth-order valence-electron chi connectivity index (χ4n) is 0.124. The van der Waals surface area contributed by atoms with Gasteiger partial charge in [0.2, 0.25) is 0 Å². The van der Waals surface area contributed by atoms with Gasteiger partial charge in [0.05, 0.1) is 0 Å². The van der Waals surface area contributed by atoms with Crippen LogP contribution in [0.2, 0.25) is 0 Å². The average molecular weight is 491 g/mol. The molecule has 1 atom stereocenters. The monoisotopic (exact) mass is 491 g/mol. The summed E-state index contributed by atoms with van der Waals surface area (Å²) < 4.78 is 45.6. The van der Waals surface area contributed by atoms with Gasteiger partial charge in [-0.2, -0.15) is 0 Å². The Balaban J connectivity index is 0. The van der Waals surface area contributed by atoms with Crippen LogP contribution in [-0.2, 0) is 43.9 Å². The zero-order valence-corrected chi connectivity index (χ0v) is 15.5. The van der Waals surface area contributed by atoms with Crippen LogP contribution in [0.25, 0.3) is 0 Å². The first kappa shape index (κ1) is 20.5. The molecular weight excluding hydrogens is 472 g/mol. The summed E-state index contributed by atoms with van der Waals surface area (Å²) in [5, 5.41) is 0. The molecule has 1 unspecified atom stereocenters. The molecule has 0 aliphatic rings. The summed E-state index contributed by atoms with van der Waals surface area (Å²) in [6, 6.07) is 0. The molecule has 0 bridgehead atoms. The average Bonchev–Trinajstić information content (AvgIpc) is 1.98. The van der Waals surface area contributed by atoms with E-state index in [-0.39, 0.29) is 0 Å². The molecule has 0 rings (SSSR count). The van der Waals surface area contributed by atoms with Crippen LogP contribution in [0, 0.1) is 0 Å². The second-order valence-electron chi connectivity index (χ2n) is 3.66. The van der Waals surface area contributed by atoms with Gasteiger partial charge < -0.3 is 9.42 Å². The van der Waals surface area contributed by atoms with E-state index >= 15 is 0 Å². The van der Waals surface area contributed by atoms with Gasteiger partial charge in [-0.1, -0.05) is 0 Å². The van der Waals surface area contributed by atoms with Crippen molar-refractivity contribution in [3.8, 4) is 0 Å². The summed E-state index contributed by atoms with van der Waals surface area (Å²) in [5.41, 5.74) is 0. The molecule has 0 heterocycles. The third kappa shape index (κ3) is 26.7. The SMILES string of the molecule is COP(C)(=O)O.CP(C)(=O)[O][Pt][O]P(C)(C)=O. The maximum absolute atomic E-state index is 10.9. The topological polar surface area (TPSA) is 99.1 Å². The van der Waals surface area contributed by atoms with Crippen LogP contribution < -0.4 is 0 Å². The second kappa shape index (κ2) is 8.40. The van der Waals surface area contributed by atoms with E-state index in [0.29, 0.717) is 0 Å². The van der Waals surface area contributed by atoms with E-state index in [1.54, 1.807) is 0 Å². The van der Waals surface area contributed by atoms with Crippen LogP contribution in [-0.4, -0.2) is 45.3 Å². The van der Waals surface area contributed by atoms with Gasteiger partial charge in [-0.05, 0) is 0 Å². The molecule has 0 aliphatic heterocycles. The van der Waals surface area contributed by atoms with Crippen LogP contribution in [0.5, 0.6) is 0 Å². The fraction of sp³-hybridized carbons (Fsp3) is 1.00. The Labute approximate surface area is 112 Å². The zero-order valence-electron chi connectivity index (χ0n) is 10.6. The molecule has 0 aromatic rings. The van der Waals surface area contributed by atoms with Crippen LogP contribution in [0.4, 0.5) is 0 Å². The van der Waals surface area contributed by atoms with E-state index in [9.17, 15) is 13.7 Å². The summed E-state index contributed by atoms with van der Waals surface area (Å²) in [6.45, 7) is 7.16. The Bertz CT molecular complexity index is 318. The van der Waals surface area contributed by atoms with E-state index in [2.05, 4.69) is 4.52 Å². The van der Waals surface area contributed by atoms with Crippen molar-refractivity contribution in [2.75, 3.05) is 40.4 Å². The van der Waals surface area contributed by atoms with Crippen LogP contribution in [0.15, 0.2) is 0 Å². The molecule has 0 aliphatic carbocycles. The predicted octanol–water partition coefficient (Wildman–Crippen LogP) is 2.46. The predicted molar refractivity (Wildman–Crippen MR) is 63.8 cm³/mol. The quantitative estimate of drug-likeness (QED) is 0.591. The van der Waals surface area contributed by atoms with Crippen molar-refractivity contribution in [1.29, 1.82) is 0 Å². The van der Waals surface area contributed by atoms with Crippen LogP contribution in [0.3, 0.4) is 0 Å². The standard InChI is InChI=1S/C2H7O3P.2C2H7O2P.Pt/c1-5-6(2,3)4;2*1-5(2,3)4;/h1-2H3,(H,3,4);2*1-2H3,(H,3,4);/q;;;+2/p-2. The number of hydrogen-bond donors (Lipinski definition) is 1. The molecular formula is C6H19O7P3Pt. The Morgan fingerprint density at radius 3 is 1.24 bits per heavy atom. The summed E-state index contributed by atoms with van der Waals surface area (Å²) >= 11 is -1.09. The first-order valence-electron chi connectivity index (χ1n) is 4.20. The Hall–Kier alpha value is 1.22. The van der Waals surface area contributed by atoms with E-state index in [0.717, 1.165) is 6.66 Å². The summed E-state index contributed by atoms with van der Waals surface area (Å²) in [5.74, 6) is 0. The molecule has 110 valence electrons. The van der Waals surface area contributed by atoms with Gasteiger partial charge in [0.25, 0.3) is 0 Å². The summed E-state index contributed by atoms with van der Waals surface area (Å²) in [4.78, 5) is 8.16. The van der Waals surface area contributed by atoms with Crippen molar-refractivity contribution in [2.24, 2.45) is 0 Å². The minimum atomic E-state index is -3.15. The van der Waals surface area contributed by atoms with Gasteiger partial charge in [0.1, 0.15) is 0 Å². The molecule has 0 aromatic carbocycles. The van der Waals surface area contributed by atoms with E-state index in [1.807, 2.05) is 0 Å². The third-order valence-electron chi connectivity index (χ3n) is 0.664. The van der Waals surface area contributed by atoms with Crippen molar-refractivity contribution >= 4 is 22.3 Å². The molecule has 0 radical (unpaired) electrons. The number of hydrogen-bond acceptors (Lipinski definition) is 6.